The molecular weight excluding hydrogens is 370 g/mol. The van der Waals surface area contributed by atoms with E-state index in [1.165, 1.54) is 16.6 Å². The highest BCUT2D eigenvalue weighted by Crippen LogP contribution is 2.17. The van der Waals surface area contributed by atoms with Crippen molar-refractivity contribution in [2.24, 2.45) is 0 Å². The van der Waals surface area contributed by atoms with E-state index in [0.29, 0.717) is 37.9 Å². The van der Waals surface area contributed by atoms with Gasteiger partial charge in [0.2, 0.25) is 10.0 Å². The Bertz CT molecular complexity index is 809. The fraction of sp³-hybridized carbons (Fsp3) is 0.389. The van der Waals surface area contributed by atoms with Crippen LogP contribution in [0.15, 0.2) is 53.6 Å². The number of benzene rings is 1. The molecule has 1 aliphatic rings. The van der Waals surface area contributed by atoms with Crippen molar-refractivity contribution in [1.29, 1.82) is 0 Å². The third-order valence-corrected chi connectivity index (χ3v) is 5.93. The number of rotatable bonds is 8. The zero-order valence-electron chi connectivity index (χ0n) is 14.8. The molecule has 1 atom stereocenters. The summed E-state index contributed by atoms with van der Waals surface area (Å²) in [6.45, 7) is 1.85. The van der Waals surface area contributed by atoms with Crippen molar-refractivity contribution >= 4 is 15.8 Å². The van der Waals surface area contributed by atoms with E-state index in [1.54, 1.807) is 6.07 Å². The molecule has 1 aromatic carbocycles. The molecule has 2 heterocycles. The molecule has 1 aromatic heterocycles. The van der Waals surface area contributed by atoms with Gasteiger partial charge in [-0.25, -0.2) is 13.4 Å². The van der Waals surface area contributed by atoms with Crippen LogP contribution >= 0.6 is 0 Å². The summed E-state index contributed by atoms with van der Waals surface area (Å²) in [4.78, 5) is 4.27. The summed E-state index contributed by atoms with van der Waals surface area (Å²) in [5.74, 6) is 1.17. The minimum absolute atomic E-state index is 0.139. The van der Waals surface area contributed by atoms with Crippen LogP contribution in [0.1, 0.15) is 0 Å². The molecule has 2 N–H and O–H groups in total. The van der Waals surface area contributed by atoms with Crippen molar-refractivity contribution in [1.82, 2.24) is 9.29 Å². The molecule has 3 rings (SSSR count). The lowest BCUT2D eigenvalue weighted by molar-refractivity contribution is 0.0730. The van der Waals surface area contributed by atoms with Crippen LogP contribution in [-0.4, -0.2) is 68.4 Å². The number of para-hydroxylation sites is 1. The van der Waals surface area contributed by atoms with Gasteiger partial charge in [-0.2, -0.15) is 4.31 Å². The number of morpholine rings is 1. The molecule has 9 heteroatoms. The normalized spacial score (nSPS) is 16.6. The number of pyridine rings is 1. The minimum Gasteiger partial charge on any atom is -0.491 e. The molecule has 0 aliphatic carbocycles. The number of nitrogens with zero attached hydrogens (tertiary/aromatic N) is 2. The van der Waals surface area contributed by atoms with Crippen LogP contribution in [0, 0.1) is 0 Å². The zero-order chi connectivity index (χ0) is 19.1. The average molecular weight is 393 g/mol. The number of aliphatic hydroxyl groups is 1. The quantitative estimate of drug-likeness (QED) is 0.689. The monoisotopic (exact) mass is 393 g/mol. The van der Waals surface area contributed by atoms with Gasteiger partial charge in [0.25, 0.3) is 0 Å². The van der Waals surface area contributed by atoms with E-state index in [1.807, 2.05) is 30.3 Å². The van der Waals surface area contributed by atoms with Crippen molar-refractivity contribution in [2.75, 3.05) is 44.8 Å². The zero-order valence-corrected chi connectivity index (χ0v) is 15.6. The number of hydrogen-bond acceptors (Lipinski definition) is 7. The van der Waals surface area contributed by atoms with Gasteiger partial charge in [0.1, 0.15) is 29.2 Å². The van der Waals surface area contributed by atoms with Gasteiger partial charge in [0.15, 0.2) is 0 Å². The number of ether oxygens (including phenoxy) is 2. The molecule has 1 unspecified atom stereocenters. The third-order valence-electron chi connectivity index (χ3n) is 4.05. The standard InChI is InChI=1S/C18H23N3O5S/c22-15(14-26-16-4-2-1-3-5-16)12-19-18-7-6-17(13-20-18)27(23,24)21-8-10-25-11-9-21/h1-7,13,15,22H,8-12,14H2,(H,19,20). The predicted octanol–water partition coefficient (Wildman–Crippen LogP) is 0.954. The number of aromatic nitrogens is 1. The molecule has 1 fully saturated rings. The smallest absolute Gasteiger partial charge is 0.244 e. The molecular formula is C18H23N3O5S. The van der Waals surface area contributed by atoms with Crippen molar-refractivity contribution in [2.45, 2.75) is 11.0 Å². The molecule has 0 radical (unpaired) electrons. The van der Waals surface area contributed by atoms with Gasteiger partial charge >= 0.3 is 0 Å². The van der Waals surface area contributed by atoms with E-state index >= 15 is 0 Å². The average Bonchev–Trinajstić information content (AvgIpc) is 2.72. The van der Waals surface area contributed by atoms with Crippen LogP contribution < -0.4 is 10.1 Å². The summed E-state index contributed by atoms with van der Waals surface area (Å²) in [5, 5.41) is 13.0. The molecule has 0 amide bonds. The van der Waals surface area contributed by atoms with Crippen molar-refractivity contribution in [3.05, 3.63) is 48.7 Å². The molecule has 0 bridgehead atoms. The van der Waals surface area contributed by atoms with E-state index in [0.717, 1.165) is 0 Å². The lowest BCUT2D eigenvalue weighted by atomic mass is 10.3. The molecule has 0 saturated carbocycles. The lowest BCUT2D eigenvalue weighted by Crippen LogP contribution is -2.40. The summed E-state index contributed by atoms with van der Waals surface area (Å²) in [6.07, 6.45) is 0.587. The van der Waals surface area contributed by atoms with Crippen LogP contribution in [0.5, 0.6) is 5.75 Å². The second-order valence-corrected chi connectivity index (χ2v) is 7.99. The Morgan fingerprint density at radius 3 is 2.59 bits per heavy atom. The van der Waals surface area contributed by atoms with Gasteiger partial charge in [-0.15, -0.1) is 0 Å². The molecule has 27 heavy (non-hydrogen) atoms. The van der Waals surface area contributed by atoms with E-state index in [9.17, 15) is 13.5 Å². The molecule has 2 aromatic rings. The predicted molar refractivity (Wildman–Crippen MR) is 100 cm³/mol. The number of hydrogen-bond donors (Lipinski definition) is 2. The Hall–Kier alpha value is -2.20. The van der Waals surface area contributed by atoms with Crippen LogP contribution in [0.2, 0.25) is 0 Å². The maximum atomic E-state index is 12.5. The SMILES string of the molecule is O=S(=O)(c1ccc(NCC(O)COc2ccccc2)nc1)N1CCOCC1. The van der Waals surface area contributed by atoms with Crippen LogP contribution in [0.25, 0.3) is 0 Å². The van der Waals surface area contributed by atoms with Gasteiger partial charge in [-0.1, -0.05) is 18.2 Å². The highest BCUT2D eigenvalue weighted by Gasteiger charge is 2.26. The first-order valence-electron chi connectivity index (χ1n) is 8.69. The largest absolute Gasteiger partial charge is 0.491 e. The van der Waals surface area contributed by atoms with Gasteiger partial charge in [-0.05, 0) is 24.3 Å². The first kappa shape index (κ1) is 19.6. The summed E-state index contributed by atoms with van der Waals surface area (Å²) in [7, 11) is -3.56. The molecule has 0 spiro atoms. The van der Waals surface area contributed by atoms with E-state index in [4.69, 9.17) is 9.47 Å². The first-order chi connectivity index (χ1) is 13.1. The second kappa shape index (κ2) is 9.14. The number of aliphatic hydroxyl groups excluding tert-OH is 1. The Labute approximate surface area is 158 Å². The van der Waals surface area contributed by atoms with E-state index in [2.05, 4.69) is 10.3 Å². The molecule has 146 valence electrons. The summed E-state index contributed by atoms with van der Waals surface area (Å²) < 4.78 is 37.1. The second-order valence-electron chi connectivity index (χ2n) is 6.05. The van der Waals surface area contributed by atoms with Crippen molar-refractivity contribution in [3.8, 4) is 5.75 Å². The van der Waals surface area contributed by atoms with Gasteiger partial charge in [0.05, 0.1) is 13.2 Å². The third kappa shape index (κ3) is 5.39. The van der Waals surface area contributed by atoms with Crippen LogP contribution in [0.3, 0.4) is 0 Å². The summed E-state index contributed by atoms with van der Waals surface area (Å²) in [5.41, 5.74) is 0. The lowest BCUT2D eigenvalue weighted by Gasteiger charge is -2.25. The Morgan fingerprint density at radius 1 is 1.19 bits per heavy atom. The maximum absolute atomic E-state index is 12.5. The number of sulfonamides is 1. The minimum atomic E-state index is -3.56. The maximum Gasteiger partial charge on any atom is 0.244 e. The fourth-order valence-corrected chi connectivity index (χ4v) is 3.92. The van der Waals surface area contributed by atoms with E-state index in [-0.39, 0.29) is 18.0 Å². The molecule has 1 aliphatic heterocycles. The number of anilines is 1. The van der Waals surface area contributed by atoms with Crippen molar-refractivity contribution in [3.63, 3.8) is 0 Å². The first-order valence-corrected chi connectivity index (χ1v) is 10.1. The Morgan fingerprint density at radius 2 is 1.93 bits per heavy atom. The number of nitrogens with one attached hydrogen (secondary N) is 1. The van der Waals surface area contributed by atoms with Gasteiger partial charge in [-0.3, -0.25) is 0 Å². The van der Waals surface area contributed by atoms with Crippen LogP contribution in [-0.2, 0) is 14.8 Å². The van der Waals surface area contributed by atoms with E-state index < -0.39 is 16.1 Å². The van der Waals surface area contributed by atoms with Crippen molar-refractivity contribution < 1.29 is 23.0 Å². The van der Waals surface area contributed by atoms with Crippen LogP contribution in [0.4, 0.5) is 5.82 Å². The fourth-order valence-electron chi connectivity index (χ4n) is 2.56. The van der Waals surface area contributed by atoms with Gasteiger partial charge in [0, 0.05) is 25.8 Å². The summed E-state index contributed by atoms with van der Waals surface area (Å²) in [6, 6.07) is 12.3. The topological polar surface area (TPSA) is 101 Å². The Balaban J connectivity index is 1.50. The van der Waals surface area contributed by atoms with Gasteiger partial charge < -0.3 is 19.9 Å². The Kier molecular flexibility index (Phi) is 6.62. The summed E-state index contributed by atoms with van der Waals surface area (Å²) >= 11 is 0. The highest BCUT2D eigenvalue weighted by atomic mass is 32.2. The molecule has 8 nitrogen and oxygen atoms in total. The molecule has 1 saturated heterocycles. The highest BCUT2D eigenvalue weighted by molar-refractivity contribution is 7.89.